The van der Waals surface area contributed by atoms with Gasteiger partial charge in [0, 0.05) is 5.56 Å². The zero-order valence-electron chi connectivity index (χ0n) is 9.70. The van der Waals surface area contributed by atoms with Crippen molar-refractivity contribution >= 4 is 23.1 Å². The number of benzene rings is 1. The second kappa shape index (κ2) is 4.61. The highest BCUT2D eigenvalue weighted by Crippen LogP contribution is 2.07. The molecule has 1 amide bonds. The number of amides is 1. The maximum absolute atomic E-state index is 11.8. The first-order chi connectivity index (χ1) is 7.33. The minimum Gasteiger partial charge on any atom is -0.391 e. The summed E-state index contributed by atoms with van der Waals surface area (Å²) in [5, 5.41) is 2.79. The van der Waals surface area contributed by atoms with Crippen molar-refractivity contribution in [3.8, 4) is 0 Å². The van der Waals surface area contributed by atoms with E-state index < -0.39 is 5.54 Å². The van der Waals surface area contributed by atoms with Crippen molar-refractivity contribution in [2.75, 3.05) is 0 Å². The Hall–Kier alpha value is -1.42. The Labute approximate surface area is 101 Å². The minimum atomic E-state index is -0.669. The van der Waals surface area contributed by atoms with Gasteiger partial charge in [-0.05, 0) is 32.9 Å². The molecule has 0 aliphatic rings. The van der Waals surface area contributed by atoms with Crippen molar-refractivity contribution in [1.82, 2.24) is 5.32 Å². The van der Waals surface area contributed by atoms with E-state index in [1.54, 1.807) is 26.0 Å². The summed E-state index contributed by atoms with van der Waals surface area (Å²) < 4.78 is 0. The number of nitrogens with two attached hydrogens (primary N) is 1. The highest BCUT2D eigenvalue weighted by molar-refractivity contribution is 7.80. The van der Waals surface area contributed by atoms with E-state index in [2.05, 4.69) is 5.32 Å². The van der Waals surface area contributed by atoms with Crippen LogP contribution in [0.5, 0.6) is 0 Å². The molecule has 4 heteroatoms. The number of aryl methyl sites for hydroxylation is 1. The van der Waals surface area contributed by atoms with Gasteiger partial charge in [0.25, 0.3) is 5.91 Å². The number of carbonyl (C=O) groups excluding carboxylic acids is 1. The molecule has 3 N–H and O–H groups in total. The maximum atomic E-state index is 11.8. The molecule has 1 aromatic carbocycles. The molecule has 0 fully saturated rings. The summed E-state index contributed by atoms with van der Waals surface area (Å²) in [7, 11) is 0. The summed E-state index contributed by atoms with van der Waals surface area (Å²) in [5.74, 6) is -0.169. The predicted octanol–water partition coefficient (Wildman–Crippen LogP) is 1.79. The molecule has 0 radical (unpaired) electrons. The normalized spacial score (nSPS) is 10.9. The van der Waals surface area contributed by atoms with Crippen LogP contribution in [0.1, 0.15) is 29.8 Å². The molecule has 0 bridgehead atoms. The van der Waals surface area contributed by atoms with E-state index in [0.29, 0.717) is 5.56 Å². The molecule has 0 unspecified atom stereocenters. The first-order valence-electron chi connectivity index (χ1n) is 5.02. The van der Waals surface area contributed by atoms with E-state index in [1.807, 2.05) is 19.1 Å². The van der Waals surface area contributed by atoms with Crippen molar-refractivity contribution < 1.29 is 4.79 Å². The fourth-order valence-corrected chi connectivity index (χ4v) is 1.17. The fraction of sp³-hybridized carbons (Fsp3) is 0.333. The van der Waals surface area contributed by atoms with Gasteiger partial charge in [0.1, 0.15) is 0 Å². The smallest absolute Gasteiger partial charge is 0.252 e. The fourth-order valence-electron chi connectivity index (χ4n) is 1.12. The number of carbonyl (C=O) groups is 1. The van der Waals surface area contributed by atoms with Crippen LogP contribution < -0.4 is 11.1 Å². The van der Waals surface area contributed by atoms with Crippen LogP contribution in [-0.4, -0.2) is 16.4 Å². The first kappa shape index (κ1) is 12.6. The highest BCUT2D eigenvalue weighted by atomic mass is 32.1. The quantitative estimate of drug-likeness (QED) is 0.787. The largest absolute Gasteiger partial charge is 0.391 e. The van der Waals surface area contributed by atoms with Gasteiger partial charge in [-0.2, -0.15) is 0 Å². The lowest BCUT2D eigenvalue weighted by Crippen LogP contribution is -2.52. The van der Waals surface area contributed by atoms with Gasteiger partial charge in [0.2, 0.25) is 0 Å². The maximum Gasteiger partial charge on any atom is 0.252 e. The van der Waals surface area contributed by atoms with E-state index >= 15 is 0 Å². The Balaban J connectivity index is 2.81. The lowest BCUT2D eigenvalue weighted by atomic mass is 10.0. The van der Waals surface area contributed by atoms with Gasteiger partial charge in [-0.3, -0.25) is 4.79 Å². The Morgan fingerprint density at radius 3 is 2.25 bits per heavy atom. The van der Waals surface area contributed by atoms with Crippen LogP contribution in [0.4, 0.5) is 0 Å². The summed E-state index contributed by atoms with van der Waals surface area (Å²) in [4.78, 5) is 12.1. The summed E-state index contributed by atoms with van der Waals surface area (Å²) in [6.45, 7) is 5.53. The molecule has 3 nitrogen and oxygen atoms in total. The number of thiocarbonyl (C=S) groups is 1. The van der Waals surface area contributed by atoms with Gasteiger partial charge >= 0.3 is 0 Å². The number of hydrogen-bond acceptors (Lipinski definition) is 2. The van der Waals surface area contributed by atoms with Gasteiger partial charge < -0.3 is 11.1 Å². The molecule has 86 valence electrons. The van der Waals surface area contributed by atoms with E-state index in [0.717, 1.165) is 5.56 Å². The molecule has 0 saturated heterocycles. The molecule has 0 aromatic heterocycles. The molecular weight excluding hydrogens is 220 g/mol. The summed E-state index contributed by atoms with van der Waals surface area (Å²) in [6, 6.07) is 7.34. The van der Waals surface area contributed by atoms with Gasteiger partial charge in [-0.25, -0.2) is 0 Å². The second-order valence-electron chi connectivity index (χ2n) is 4.31. The lowest BCUT2D eigenvalue weighted by Gasteiger charge is -2.24. The molecule has 1 aromatic rings. The second-order valence-corrected chi connectivity index (χ2v) is 4.75. The van der Waals surface area contributed by atoms with E-state index in [4.69, 9.17) is 18.0 Å². The van der Waals surface area contributed by atoms with Crippen LogP contribution >= 0.6 is 12.2 Å². The summed E-state index contributed by atoms with van der Waals surface area (Å²) in [5.41, 5.74) is 6.59. The van der Waals surface area contributed by atoms with Crippen LogP contribution in [0.3, 0.4) is 0 Å². The zero-order valence-corrected chi connectivity index (χ0v) is 10.5. The van der Waals surface area contributed by atoms with E-state index in [1.165, 1.54) is 0 Å². The van der Waals surface area contributed by atoms with Crippen molar-refractivity contribution in [3.63, 3.8) is 0 Å². The number of rotatable bonds is 3. The number of nitrogens with one attached hydrogen (secondary N) is 1. The number of hydrogen-bond donors (Lipinski definition) is 2. The molecule has 0 spiro atoms. The average molecular weight is 236 g/mol. The van der Waals surface area contributed by atoms with Crippen LogP contribution in [0.2, 0.25) is 0 Å². The van der Waals surface area contributed by atoms with Gasteiger partial charge in [-0.15, -0.1) is 0 Å². The van der Waals surface area contributed by atoms with Crippen molar-refractivity contribution in [1.29, 1.82) is 0 Å². The highest BCUT2D eigenvalue weighted by Gasteiger charge is 2.23. The average Bonchev–Trinajstić information content (AvgIpc) is 2.17. The molecule has 0 atom stereocenters. The summed E-state index contributed by atoms with van der Waals surface area (Å²) in [6.07, 6.45) is 0. The van der Waals surface area contributed by atoms with Crippen molar-refractivity contribution in [2.45, 2.75) is 26.3 Å². The third kappa shape index (κ3) is 3.03. The zero-order chi connectivity index (χ0) is 12.3. The van der Waals surface area contributed by atoms with Crippen LogP contribution in [0.25, 0.3) is 0 Å². The van der Waals surface area contributed by atoms with Crippen molar-refractivity contribution in [2.24, 2.45) is 5.73 Å². The van der Waals surface area contributed by atoms with Gasteiger partial charge in [0.15, 0.2) is 0 Å². The lowest BCUT2D eigenvalue weighted by molar-refractivity contribution is 0.0932. The standard InChI is InChI=1S/C12H16N2OS/c1-8-4-6-9(7-5-8)10(15)14-12(2,3)11(13)16/h4-7H,1-3H3,(H2,13,16)(H,14,15). The topological polar surface area (TPSA) is 55.1 Å². The SMILES string of the molecule is Cc1ccc(C(=O)NC(C)(C)C(N)=S)cc1. The third-order valence-electron chi connectivity index (χ3n) is 2.36. The monoisotopic (exact) mass is 236 g/mol. The molecule has 0 aliphatic carbocycles. The molecule has 0 saturated carbocycles. The minimum absolute atomic E-state index is 0.169. The Morgan fingerprint density at radius 2 is 1.81 bits per heavy atom. The van der Waals surface area contributed by atoms with Crippen LogP contribution in [0.15, 0.2) is 24.3 Å². The van der Waals surface area contributed by atoms with Gasteiger partial charge in [0.05, 0.1) is 10.5 Å². The molecule has 16 heavy (non-hydrogen) atoms. The first-order valence-corrected chi connectivity index (χ1v) is 5.43. The van der Waals surface area contributed by atoms with Gasteiger partial charge in [-0.1, -0.05) is 29.9 Å². The Bertz CT molecular complexity index is 410. The third-order valence-corrected chi connectivity index (χ3v) is 2.87. The van der Waals surface area contributed by atoms with E-state index in [-0.39, 0.29) is 10.9 Å². The molecule has 0 heterocycles. The van der Waals surface area contributed by atoms with Crippen LogP contribution in [0, 0.1) is 6.92 Å². The van der Waals surface area contributed by atoms with E-state index in [9.17, 15) is 4.79 Å². The van der Waals surface area contributed by atoms with Crippen molar-refractivity contribution in [3.05, 3.63) is 35.4 Å². The molecule has 0 aliphatic heterocycles. The van der Waals surface area contributed by atoms with Crippen LogP contribution in [-0.2, 0) is 0 Å². The molecule has 1 rings (SSSR count). The Kier molecular flexibility index (Phi) is 3.65. The summed E-state index contributed by atoms with van der Waals surface area (Å²) >= 11 is 4.88. The molecular formula is C12H16N2OS. The Morgan fingerprint density at radius 1 is 1.31 bits per heavy atom. The predicted molar refractivity (Wildman–Crippen MR) is 69.5 cm³/mol.